The van der Waals surface area contributed by atoms with Gasteiger partial charge in [0, 0.05) is 0 Å². The molecule has 0 heterocycles. The largest absolute Gasteiger partial charge is 0.206 e. The number of hydrogen-bond donors (Lipinski definition) is 0. The van der Waals surface area contributed by atoms with E-state index < -0.39 is 5.82 Å². The van der Waals surface area contributed by atoms with E-state index in [2.05, 4.69) is 32.9 Å². The molecule has 0 aliphatic heterocycles. The van der Waals surface area contributed by atoms with E-state index in [9.17, 15) is 4.39 Å². The van der Waals surface area contributed by atoms with Crippen LogP contribution in [0.3, 0.4) is 0 Å². The Morgan fingerprint density at radius 1 is 1.05 bits per heavy atom. The van der Waals surface area contributed by atoms with Crippen LogP contribution in [0.1, 0.15) is 43.0 Å². The Bertz CT molecular complexity index is 643. The van der Waals surface area contributed by atoms with Gasteiger partial charge in [0.25, 0.3) is 0 Å². The molecule has 0 N–H and O–H groups in total. The summed E-state index contributed by atoms with van der Waals surface area (Å²) in [6, 6.07) is 15.0. The van der Waals surface area contributed by atoms with E-state index in [1.165, 1.54) is 11.6 Å². The second-order valence-electron chi connectivity index (χ2n) is 6.01. The molecule has 0 unspecified atom stereocenters. The maximum Gasteiger partial charge on any atom is 0.141 e. The Morgan fingerprint density at radius 2 is 1.70 bits per heavy atom. The van der Waals surface area contributed by atoms with Crippen LogP contribution in [0.25, 0.3) is 0 Å². The Labute approximate surface area is 119 Å². The highest BCUT2D eigenvalue weighted by Crippen LogP contribution is 2.23. The number of rotatable bonds is 2. The first kappa shape index (κ1) is 14.3. The Kier molecular flexibility index (Phi) is 3.90. The highest BCUT2D eigenvalue weighted by atomic mass is 19.1. The van der Waals surface area contributed by atoms with E-state index in [4.69, 9.17) is 5.26 Å². The quantitative estimate of drug-likeness (QED) is 0.781. The van der Waals surface area contributed by atoms with Gasteiger partial charge < -0.3 is 0 Å². The Hall–Kier alpha value is -2.14. The van der Waals surface area contributed by atoms with Crippen molar-refractivity contribution in [2.45, 2.75) is 32.6 Å². The molecule has 0 amide bonds. The SMILES string of the molecule is CC(C)(C)c1ccc(Cc2cccc(F)c2C#N)cc1. The fraction of sp³-hybridized carbons (Fsp3) is 0.278. The summed E-state index contributed by atoms with van der Waals surface area (Å²) in [5.41, 5.74) is 3.35. The van der Waals surface area contributed by atoms with E-state index in [0.29, 0.717) is 6.42 Å². The monoisotopic (exact) mass is 267 g/mol. The lowest BCUT2D eigenvalue weighted by atomic mass is 9.86. The predicted octanol–water partition coefficient (Wildman–Crippen LogP) is 4.59. The molecule has 0 bridgehead atoms. The third-order valence-corrected chi connectivity index (χ3v) is 3.43. The first-order chi connectivity index (χ1) is 9.41. The van der Waals surface area contributed by atoms with Crippen molar-refractivity contribution in [2.75, 3.05) is 0 Å². The Morgan fingerprint density at radius 3 is 2.25 bits per heavy atom. The third-order valence-electron chi connectivity index (χ3n) is 3.43. The smallest absolute Gasteiger partial charge is 0.141 e. The van der Waals surface area contributed by atoms with Gasteiger partial charge in [0.15, 0.2) is 0 Å². The lowest BCUT2D eigenvalue weighted by molar-refractivity contribution is 0.590. The molecule has 0 saturated heterocycles. The molecule has 0 radical (unpaired) electrons. The van der Waals surface area contributed by atoms with Crippen LogP contribution in [0.4, 0.5) is 4.39 Å². The number of benzene rings is 2. The van der Waals surface area contributed by atoms with Gasteiger partial charge >= 0.3 is 0 Å². The second kappa shape index (κ2) is 5.46. The molecule has 0 aliphatic rings. The van der Waals surface area contributed by atoms with Crippen LogP contribution in [-0.4, -0.2) is 0 Å². The van der Waals surface area contributed by atoms with Gasteiger partial charge in [-0.2, -0.15) is 5.26 Å². The minimum absolute atomic E-state index is 0.120. The lowest BCUT2D eigenvalue weighted by Gasteiger charge is -2.19. The van der Waals surface area contributed by atoms with Gasteiger partial charge in [0.2, 0.25) is 0 Å². The van der Waals surface area contributed by atoms with Gasteiger partial charge in [-0.1, -0.05) is 57.2 Å². The molecule has 1 nitrogen and oxygen atoms in total. The molecular weight excluding hydrogens is 249 g/mol. The maximum atomic E-state index is 13.6. The van der Waals surface area contributed by atoms with Crippen LogP contribution in [0.15, 0.2) is 42.5 Å². The molecule has 102 valence electrons. The molecule has 0 aromatic heterocycles. The van der Waals surface area contributed by atoms with E-state index >= 15 is 0 Å². The van der Waals surface area contributed by atoms with E-state index in [0.717, 1.165) is 11.1 Å². The number of halogens is 1. The summed E-state index contributed by atoms with van der Waals surface area (Å²) in [5, 5.41) is 9.04. The van der Waals surface area contributed by atoms with Crippen LogP contribution >= 0.6 is 0 Å². The standard InChI is InChI=1S/C18H18FN/c1-18(2,3)15-9-7-13(8-10-15)11-14-5-4-6-17(19)16(14)12-20/h4-10H,11H2,1-3H3. The van der Waals surface area contributed by atoms with Crippen molar-refractivity contribution >= 4 is 0 Å². The van der Waals surface area contributed by atoms with Crippen LogP contribution < -0.4 is 0 Å². The molecule has 2 rings (SSSR count). The van der Waals surface area contributed by atoms with Crippen molar-refractivity contribution in [1.29, 1.82) is 5.26 Å². The summed E-state index contributed by atoms with van der Waals surface area (Å²) in [6.45, 7) is 6.51. The molecule has 0 fully saturated rings. The summed E-state index contributed by atoms with van der Waals surface area (Å²) in [6.07, 6.45) is 0.574. The summed E-state index contributed by atoms with van der Waals surface area (Å²) < 4.78 is 13.6. The topological polar surface area (TPSA) is 23.8 Å². The molecular formula is C18H18FN. The fourth-order valence-corrected chi connectivity index (χ4v) is 2.18. The van der Waals surface area contributed by atoms with Gasteiger partial charge in [-0.3, -0.25) is 0 Å². The van der Waals surface area contributed by atoms with Gasteiger partial charge in [-0.25, -0.2) is 4.39 Å². The molecule has 2 aromatic rings. The lowest BCUT2D eigenvalue weighted by Crippen LogP contribution is -2.10. The summed E-state index contributed by atoms with van der Waals surface area (Å²) in [4.78, 5) is 0. The molecule has 0 aliphatic carbocycles. The highest BCUT2D eigenvalue weighted by molar-refractivity contribution is 5.42. The fourth-order valence-electron chi connectivity index (χ4n) is 2.18. The highest BCUT2D eigenvalue weighted by Gasteiger charge is 2.13. The minimum Gasteiger partial charge on any atom is -0.206 e. The zero-order valence-electron chi connectivity index (χ0n) is 12.1. The average Bonchev–Trinajstić information content (AvgIpc) is 2.38. The van der Waals surface area contributed by atoms with Crippen LogP contribution in [0.5, 0.6) is 0 Å². The first-order valence-electron chi connectivity index (χ1n) is 6.69. The van der Waals surface area contributed by atoms with Crippen molar-refractivity contribution in [3.05, 3.63) is 70.5 Å². The van der Waals surface area contributed by atoms with Crippen LogP contribution in [0.2, 0.25) is 0 Å². The predicted molar refractivity (Wildman–Crippen MR) is 79.1 cm³/mol. The zero-order chi connectivity index (χ0) is 14.8. The summed E-state index contributed by atoms with van der Waals surface area (Å²) >= 11 is 0. The third kappa shape index (κ3) is 3.05. The average molecular weight is 267 g/mol. The Balaban J connectivity index is 2.28. The van der Waals surface area contributed by atoms with Gasteiger partial charge in [-0.05, 0) is 34.6 Å². The summed E-state index contributed by atoms with van der Waals surface area (Å²) in [7, 11) is 0. The number of nitrogens with zero attached hydrogens (tertiary/aromatic N) is 1. The normalized spacial score (nSPS) is 11.2. The molecule has 20 heavy (non-hydrogen) atoms. The van der Waals surface area contributed by atoms with E-state index in [-0.39, 0.29) is 11.0 Å². The van der Waals surface area contributed by atoms with Crippen molar-refractivity contribution < 1.29 is 4.39 Å². The van der Waals surface area contributed by atoms with Crippen molar-refractivity contribution in [3.63, 3.8) is 0 Å². The van der Waals surface area contributed by atoms with Crippen LogP contribution in [0, 0.1) is 17.1 Å². The molecule has 0 atom stereocenters. The van der Waals surface area contributed by atoms with Crippen LogP contribution in [-0.2, 0) is 11.8 Å². The van der Waals surface area contributed by atoms with Gasteiger partial charge in [0.1, 0.15) is 11.9 Å². The maximum absolute atomic E-state index is 13.6. The van der Waals surface area contributed by atoms with Crippen molar-refractivity contribution in [3.8, 4) is 6.07 Å². The zero-order valence-corrected chi connectivity index (χ0v) is 12.1. The van der Waals surface area contributed by atoms with Gasteiger partial charge in [-0.15, -0.1) is 0 Å². The minimum atomic E-state index is -0.448. The molecule has 2 aromatic carbocycles. The van der Waals surface area contributed by atoms with E-state index in [1.807, 2.05) is 18.2 Å². The number of nitriles is 1. The molecule has 0 spiro atoms. The van der Waals surface area contributed by atoms with Crippen molar-refractivity contribution in [2.24, 2.45) is 0 Å². The van der Waals surface area contributed by atoms with Crippen molar-refractivity contribution in [1.82, 2.24) is 0 Å². The van der Waals surface area contributed by atoms with Gasteiger partial charge in [0.05, 0.1) is 5.56 Å². The summed E-state index contributed by atoms with van der Waals surface area (Å²) in [5.74, 6) is -0.448. The van der Waals surface area contributed by atoms with E-state index in [1.54, 1.807) is 12.1 Å². The number of hydrogen-bond acceptors (Lipinski definition) is 1. The molecule has 2 heteroatoms. The molecule has 0 saturated carbocycles. The first-order valence-corrected chi connectivity index (χ1v) is 6.69. The second-order valence-corrected chi connectivity index (χ2v) is 6.01.